The van der Waals surface area contributed by atoms with Gasteiger partial charge in [0.05, 0.1) is 22.5 Å². The number of nitrogens with zero attached hydrogens (tertiary/aromatic N) is 4. The molecule has 4 aromatic rings. The zero-order valence-corrected chi connectivity index (χ0v) is 18.0. The van der Waals surface area contributed by atoms with Crippen LogP contribution in [0.2, 0.25) is 5.02 Å². The molecular weight excluding hydrogens is 496 g/mol. The standard InChI is InChI=1S/C19H10BrClN4O4S/c20-12-4-6-15-16(9-12)30-19(23-15)24(18(26)11-2-1-3-13(21)8-11)22-10-14-5-7-17(29-14)25(27)28/h1-10H/b22-10+. The van der Waals surface area contributed by atoms with Crippen molar-refractivity contribution >= 4 is 72.2 Å². The maximum Gasteiger partial charge on any atom is 0.433 e. The van der Waals surface area contributed by atoms with Gasteiger partial charge in [-0.1, -0.05) is 44.9 Å². The average Bonchev–Trinajstić information content (AvgIpc) is 3.35. The molecule has 0 aliphatic rings. The van der Waals surface area contributed by atoms with Gasteiger partial charge in [0.1, 0.15) is 4.92 Å². The van der Waals surface area contributed by atoms with E-state index in [0.29, 0.717) is 21.2 Å². The normalized spacial score (nSPS) is 11.3. The summed E-state index contributed by atoms with van der Waals surface area (Å²) in [6.45, 7) is 0. The Bertz CT molecular complexity index is 1300. The molecule has 0 spiro atoms. The highest BCUT2D eigenvalue weighted by atomic mass is 79.9. The predicted octanol–water partition coefficient (Wildman–Crippen LogP) is 5.89. The maximum atomic E-state index is 13.1. The average molecular weight is 506 g/mol. The number of thiazole rings is 1. The molecule has 30 heavy (non-hydrogen) atoms. The van der Waals surface area contributed by atoms with Crippen LogP contribution in [0.15, 0.2) is 68.6 Å². The minimum Gasteiger partial charge on any atom is -0.400 e. The van der Waals surface area contributed by atoms with Gasteiger partial charge in [-0.3, -0.25) is 14.9 Å². The van der Waals surface area contributed by atoms with Crippen molar-refractivity contribution in [2.45, 2.75) is 0 Å². The van der Waals surface area contributed by atoms with Crippen molar-refractivity contribution < 1.29 is 14.1 Å². The maximum absolute atomic E-state index is 13.1. The second-order valence-electron chi connectivity index (χ2n) is 5.91. The third-order valence-electron chi connectivity index (χ3n) is 3.88. The molecule has 2 heterocycles. The Morgan fingerprint density at radius 2 is 2.10 bits per heavy atom. The van der Waals surface area contributed by atoms with Gasteiger partial charge in [0.25, 0.3) is 5.91 Å². The number of carbonyl (C=O) groups excluding carboxylic acids is 1. The number of fused-ring (bicyclic) bond motifs is 1. The van der Waals surface area contributed by atoms with E-state index in [-0.39, 0.29) is 5.76 Å². The van der Waals surface area contributed by atoms with Gasteiger partial charge >= 0.3 is 5.88 Å². The summed E-state index contributed by atoms with van der Waals surface area (Å²) in [5, 5.41) is 16.8. The van der Waals surface area contributed by atoms with Crippen LogP contribution in [0.5, 0.6) is 0 Å². The van der Waals surface area contributed by atoms with Crippen molar-refractivity contribution in [2.75, 3.05) is 5.01 Å². The van der Waals surface area contributed by atoms with Crippen LogP contribution in [0.4, 0.5) is 11.0 Å². The van der Waals surface area contributed by atoms with Gasteiger partial charge in [-0.2, -0.15) is 10.1 Å². The first kappa shape index (κ1) is 20.2. The van der Waals surface area contributed by atoms with E-state index in [9.17, 15) is 14.9 Å². The first-order chi connectivity index (χ1) is 14.4. The molecule has 0 atom stereocenters. The second-order valence-corrected chi connectivity index (χ2v) is 8.27. The summed E-state index contributed by atoms with van der Waals surface area (Å²) in [4.78, 5) is 27.8. The Labute approximate surface area is 186 Å². The molecule has 0 aliphatic carbocycles. The summed E-state index contributed by atoms with van der Waals surface area (Å²) in [5.41, 5.74) is 1.01. The number of hydrogen-bond donors (Lipinski definition) is 0. The molecule has 11 heteroatoms. The number of hydrazone groups is 1. The highest BCUT2D eigenvalue weighted by Crippen LogP contribution is 2.32. The Morgan fingerprint density at radius 3 is 2.83 bits per heavy atom. The molecule has 0 saturated heterocycles. The van der Waals surface area contributed by atoms with E-state index in [4.69, 9.17) is 16.0 Å². The van der Waals surface area contributed by atoms with Gasteiger partial charge < -0.3 is 4.42 Å². The molecule has 0 fully saturated rings. The number of anilines is 1. The van der Waals surface area contributed by atoms with Gasteiger partial charge in [0.15, 0.2) is 5.76 Å². The smallest absolute Gasteiger partial charge is 0.400 e. The molecule has 2 aromatic heterocycles. The predicted molar refractivity (Wildman–Crippen MR) is 119 cm³/mol. The first-order valence-electron chi connectivity index (χ1n) is 8.35. The third kappa shape index (κ3) is 4.25. The highest BCUT2D eigenvalue weighted by molar-refractivity contribution is 9.10. The van der Waals surface area contributed by atoms with Crippen molar-refractivity contribution in [3.05, 3.63) is 85.5 Å². The van der Waals surface area contributed by atoms with Crippen molar-refractivity contribution in [3.8, 4) is 0 Å². The second kappa shape index (κ2) is 8.34. The lowest BCUT2D eigenvalue weighted by molar-refractivity contribution is -0.402. The minimum absolute atomic E-state index is 0.120. The van der Waals surface area contributed by atoms with E-state index in [0.717, 1.165) is 14.2 Å². The number of amides is 1. The molecule has 0 N–H and O–H groups in total. The number of nitro groups is 1. The van der Waals surface area contributed by atoms with E-state index in [2.05, 4.69) is 26.0 Å². The molecule has 150 valence electrons. The molecule has 0 aliphatic heterocycles. The molecule has 4 rings (SSSR count). The molecule has 0 radical (unpaired) electrons. The Balaban J connectivity index is 1.75. The summed E-state index contributed by atoms with van der Waals surface area (Å²) in [7, 11) is 0. The van der Waals surface area contributed by atoms with Crippen LogP contribution in [-0.2, 0) is 0 Å². The van der Waals surface area contributed by atoms with Gasteiger partial charge in [0, 0.05) is 15.1 Å². The fourth-order valence-electron chi connectivity index (χ4n) is 2.53. The summed E-state index contributed by atoms with van der Waals surface area (Å²) in [6.07, 6.45) is 1.22. The van der Waals surface area contributed by atoms with Gasteiger partial charge in [-0.25, -0.2) is 4.98 Å². The molecule has 0 unspecified atom stereocenters. The largest absolute Gasteiger partial charge is 0.433 e. The molecule has 2 aromatic carbocycles. The lowest BCUT2D eigenvalue weighted by Crippen LogP contribution is -2.25. The molecule has 8 nitrogen and oxygen atoms in total. The van der Waals surface area contributed by atoms with Crippen molar-refractivity contribution in [3.63, 3.8) is 0 Å². The van der Waals surface area contributed by atoms with Crippen LogP contribution in [0.25, 0.3) is 10.2 Å². The third-order valence-corrected chi connectivity index (χ3v) is 5.60. The number of furan rings is 1. The van der Waals surface area contributed by atoms with Crippen molar-refractivity contribution in [1.29, 1.82) is 0 Å². The molecule has 0 bridgehead atoms. The fraction of sp³-hybridized carbons (Fsp3) is 0. The first-order valence-corrected chi connectivity index (χ1v) is 10.3. The van der Waals surface area contributed by atoms with Crippen LogP contribution in [0.3, 0.4) is 0 Å². The number of rotatable bonds is 5. The van der Waals surface area contributed by atoms with Crippen LogP contribution in [-0.4, -0.2) is 22.0 Å². The topological polar surface area (TPSA) is 102 Å². The van der Waals surface area contributed by atoms with Gasteiger partial charge in [-0.05, 0) is 42.5 Å². The highest BCUT2D eigenvalue weighted by Gasteiger charge is 2.22. The van der Waals surface area contributed by atoms with Crippen LogP contribution >= 0.6 is 38.9 Å². The van der Waals surface area contributed by atoms with Crippen LogP contribution in [0, 0.1) is 10.1 Å². The van der Waals surface area contributed by atoms with Crippen molar-refractivity contribution in [2.24, 2.45) is 5.10 Å². The Hall–Kier alpha value is -3.08. The number of benzene rings is 2. The van der Waals surface area contributed by atoms with E-state index >= 15 is 0 Å². The zero-order chi connectivity index (χ0) is 21.3. The molecular formula is C19H10BrClN4O4S. The lowest BCUT2D eigenvalue weighted by atomic mass is 10.2. The quantitative estimate of drug-likeness (QED) is 0.191. The monoisotopic (exact) mass is 504 g/mol. The lowest BCUT2D eigenvalue weighted by Gasteiger charge is -2.13. The number of aromatic nitrogens is 1. The van der Waals surface area contributed by atoms with Crippen LogP contribution in [0.1, 0.15) is 16.1 Å². The zero-order valence-electron chi connectivity index (χ0n) is 14.9. The number of halogens is 2. The molecule has 1 amide bonds. The van der Waals surface area contributed by atoms with E-state index in [1.165, 1.54) is 35.8 Å². The van der Waals surface area contributed by atoms with E-state index in [1.54, 1.807) is 18.2 Å². The molecule has 0 saturated carbocycles. The van der Waals surface area contributed by atoms with Crippen LogP contribution < -0.4 is 5.01 Å². The van der Waals surface area contributed by atoms with Crippen molar-refractivity contribution in [1.82, 2.24) is 4.98 Å². The Kier molecular flexibility index (Phi) is 5.62. The van der Waals surface area contributed by atoms with Gasteiger partial charge in [0.2, 0.25) is 5.13 Å². The summed E-state index contributed by atoms with van der Waals surface area (Å²) in [6, 6.07) is 14.6. The summed E-state index contributed by atoms with van der Waals surface area (Å²) >= 11 is 10.7. The van der Waals surface area contributed by atoms with E-state index < -0.39 is 16.7 Å². The summed E-state index contributed by atoms with van der Waals surface area (Å²) in [5.74, 6) is -0.767. The van der Waals surface area contributed by atoms with Gasteiger partial charge in [-0.15, -0.1) is 0 Å². The fourth-order valence-corrected chi connectivity index (χ4v) is 4.20. The Morgan fingerprint density at radius 1 is 1.27 bits per heavy atom. The minimum atomic E-state index is -0.655. The number of carbonyl (C=O) groups is 1. The number of hydrogen-bond acceptors (Lipinski definition) is 7. The SMILES string of the molecule is O=C(c1cccc(Cl)c1)N(/N=C/c1ccc([N+](=O)[O-])o1)c1nc2ccc(Br)cc2s1. The summed E-state index contributed by atoms with van der Waals surface area (Å²) < 4.78 is 6.81. The van der Waals surface area contributed by atoms with E-state index in [1.807, 2.05) is 18.2 Å².